The van der Waals surface area contributed by atoms with Crippen molar-refractivity contribution >= 4 is 39.7 Å². The van der Waals surface area contributed by atoms with E-state index in [4.69, 9.17) is 14.7 Å². The lowest BCUT2D eigenvalue weighted by molar-refractivity contribution is -0.123. The van der Waals surface area contributed by atoms with Crippen molar-refractivity contribution in [2.45, 2.75) is 18.9 Å². The molecule has 1 saturated heterocycles. The molecule has 1 aliphatic rings. The zero-order valence-corrected chi connectivity index (χ0v) is 16.0. The summed E-state index contributed by atoms with van der Waals surface area (Å²) < 4.78 is 7.10. The second-order valence-corrected chi connectivity index (χ2v) is 7.35. The molecule has 9 heteroatoms. The van der Waals surface area contributed by atoms with Gasteiger partial charge in [-0.15, -0.1) is 16.4 Å². The van der Waals surface area contributed by atoms with E-state index < -0.39 is 0 Å². The summed E-state index contributed by atoms with van der Waals surface area (Å²) in [6, 6.07) is 7.45. The lowest BCUT2D eigenvalue weighted by Crippen LogP contribution is -2.44. The monoisotopic (exact) mass is 394 g/mol. The Bertz CT molecular complexity index is 1180. The molecule has 8 nitrogen and oxygen atoms in total. The molecule has 1 fully saturated rings. The van der Waals surface area contributed by atoms with E-state index in [1.165, 1.54) is 11.3 Å². The first kappa shape index (κ1) is 16.9. The summed E-state index contributed by atoms with van der Waals surface area (Å²) in [5, 5.41) is 15.6. The van der Waals surface area contributed by atoms with Gasteiger partial charge in [0.1, 0.15) is 11.8 Å². The third kappa shape index (κ3) is 2.75. The number of hydrogen-bond acceptors (Lipinski definition) is 7. The molecule has 0 unspecified atom stereocenters. The van der Waals surface area contributed by atoms with E-state index >= 15 is 0 Å². The zero-order valence-electron chi connectivity index (χ0n) is 15.2. The van der Waals surface area contributed by atoms with Gasteiger partial charge in [-0.25, -0.2) is 9.97 Å². The van der Waals surface area contributed by atoms with Gasteiger partial charge in [0.05, 0.1) is 18.2 Å². The number of aromatic nitrogens is 4. The second kappa shape index (κ2) is 6.75. The highest BCUT2D eigenvalue weighted by molar-refractivity contribution is 7.08. The summed E-state index contributed by atoms with van der Waals surface area (Å²) in [5.74, 6) is 1.78. The molecular weight excluding hydrogens is 376 g/mol. The Balaban J connectivity index is 1.69. The number of benzene rings is 1. The Morgan fingerprint density at radius 3 is 3.04 bits per heavy atom. The lowest BCUT2D eigenvalue weighted by atomic mass is 10.1. The fourth-order valence-electron chi connectivity index (χ4n) is 3.44. The van der Waals surface area contributed by atoms with E-state index in [9.17, 15) is 4.79 Å². The minimum absolute atomic E-state index is 0.0193. The molecule has 0 bridgehead atoms. The van der Waals surface area contributed by atoms with Gasteiger partial charge < -0.3 is 15.4 Å². The van der Waals surface area contributed by atoms with Gasteiger partial charge in [0, 0.05) is 22.7 Å². The normalized spacial score (nSPS) is 17.0. The van der Waals surface area contributed by atoms with Crippen LogP contribution in [0.5, 0.6) is 5.75 Å². The fraction of sp³-hybridized carbons (Fsp3) is 0.263. The minimum atomic E-state index is -0.339. The number of rotatable bonds is 4. The van der Waals surface area contributed by atoms with E-state index in [-0.39, 0.29) is 11.9 Å². The summed E-state index contributed by atoms with van der Waals surface area (Å²) in [6.07, 6.45) is 1.68. The van der Waals surface area contributed by atoms with Crippen molar-refractivity contribution in [1.82, 2.24) is 24.9 Å². The van der Waals surface area contributed by atoms with Crippen LogP contribution in [0.15, 0.2) is 35.0 Å². The smallest absolute Gasteiger partial charge is 0.242 e. The standard InChI is InChI=1S/C19H18N6O2S/c1-27-15-10-28-9-12(15)16-23-17-11-5-2-3-6-13(11)21-19(25(17)24-16)22-14-7-4-8-20-18(14)26/h2-3,5-6,9-10,14H,4,7-8H2,1H3,(H,20,26)(H,21,22)/t14-/m1/s1. The number of thiophene rings is 1. The van der Waals surface area contributed by atoms with Crippen molar-refractivity contribution in [3.05, 3.63) is 35.0 Å². The molecule has 28 heavy (non-hydrogen) atoms. The van der Waals surface area contributed by atoms with Crippen LogP contribution in [0, 0.1) is 0 Å². The van der Waals surface area contributed by atoms with E-state index in [0.717, 1.165) is 35.1 Å². The van der Waals surface area contributed by atoms with E-state index in [2.05, 4.69) is 15.7 Å². The first-order valence-electron chi connectivity index (χ1n) is 9.05. The molecule has 2 N–H and O–H groups in total. The molecule has 1 atom stereocenters. The first-order valence-corrected chi connectivity index (χ1v) is 9.99. The number of hydrogen-bond donors (Lipinski definition) is 2. The van der Waals surface area contributed by atoms with Crippen LogP contribution >= 0.6 is 11.3 Å². The predicted octanol–water partition coefficient (Wildman–Crippen LogP) is 2.71. The second-order valence-electron chi connectivity index (χ2n) is 6.61. The number of carbonyl (C=O) groups is 1. The van der Waals surface area contributed by atoms with Crippen LogP contribution in [0.1, 0.15) is 12.8 Å². The topological polar surface area (TPSA) is 93.4 Å². The maximum Gasteiger partial charge on any atom is 0.242 e. The molecule has 1 aromatic carbocycles. The van der Waals surface area contributed by atoms with Crippen molar-refractivity contribution in [2.75, 3.05) is 19.0 Å². The van der Waals surface area contributed by atoms with E-state index in [0.29, 0.717) is 24.0 Å². The van der Waals surface area contributed by atoms with Gasteiger partial charge in [-0.05, 0) is 25.0 Å². The lowest BCUT2D eigenvalue weighted by Gasteiger charge is -2.23. The number of methoxy groups -OCH3 is 1. The molecule has 4 aromatic rings. The Kier molecular flexibility index (Phi) is 4.09. The highest BCUT2D eigenvalue weighted by Gasteiger charge is 2.24. The SMILES string of the molecule is COc1cscc1-c1nc2c3ccccc3nc(N[C@@H]3CCCNC3=O)n2n1. The number of fused-ring (bicyclic) bond motifs is 3. The quantitative estimate of drug-likeness (QED) is 0.553. The van der Waals surface area contributed by atoms with Gasteiger partial charge in [-0.2, -0.15) is 4.52 Å². The number of ether oxygens (including phenoxy) is 1. The molecule has 1 aliphatic heterocycles. The van der Waals surface area contributed by atoms with Crippen molar-refractivity contribution < 1.29 is 9.53 Å². The maximum absolute atomic E-state index is 12.2. The highest BCUT2D eigenvalue weighted by atomic mass is 32.1. The molecule has 1 amide bonds. The van der Waals surface area contributed by atoms with Crippen molar-refractivity contribution in [2.24, 2.45) is 0 Å². The number of para-hydroxylation sites is 1. The van der Waals surface area contributed by atoms with Crippen molar-refractivity contribution in [3.8, 4) is 17.1 Å². The third-order valence-electron chi connectivity index (χ3n) is 4.85. The predicted molar refractivity (Wildman–Crippen MR) is 108 cm³/mol. The Hall–Kier alpha value is -3.20. The summed E-state index contributed by atoms with van der Waals surface area (Å²) in [4.78, 5) is 21.7. The number of carbonyl (C=O) groups excluding carboxylic acids is 1. The fourth-order valence-corrected chi connectivity index (χ4v) is 4.21. The Labute approximate surface area is 164 Å². The molecule has 142 valence electrons. The van der Waals surface area contributed by atoms with Crippen LogP contribution in [0.4, 0.5) is 5.95 Å². The molecule has 0 radical (unpaired) electrons. The van der Waals surface area contributed by atoms with E-state index in [1.54, 1.807) is 11.6 Å². The van der Waals surface area contributed by atoms with Gasteiger partial charge in [0.15, 0.2) is 11.5 Å². The molecule has 3 aromatic heterocycles. The molecule has 5 rings (SSSR count). The van der Waals surface area contributed by atoms with Crippen molar-refractivity contribution in [3.63, 3.8) is 0 Å². The van der Waals surface area contributed by atoms with Crippen LogP contribution in [0.2, 0.25) is 0 Å². The number of anilines is 1. The van der Waals surface area contributed by atoms with Crippen LogP contribution in [-0.2, 0) is 4.79 Å². The van der Waals surface area contributed by atoms with Gasteiger partial charge in [-0.1, -0.05) is 12.1 Å². The number of nitrogens with zero attached hydrogens (tertiary/aromatic N) is 4. The first-order chi connectivity index (χ1) is 13.7. The highest BCUT2D eigenvalue weighted by Crippen LogP contribution is 2.33. The summed E-state index contributed by atoms with van der Waals surface area (Å²) >= 11 is 1.53. The van der Waals surface area contributed by atoms with Gasteiger partial charge in [-0.3, -0.25) is 4.79 Å². The number of piperidine rings is 1. The van der Waals surface area contributed by atoms with Crippen molar-refractivity contribution in [1.29, 1.82) is 0 Å². The van der Waals surface area contributed by atoms with Gasteiger partial charge in [0.2, 0.25) is 11.9 Å². The minimum Gasteiger partial charge on any atom is -0.495 e. The third-order valence-corrected chi connectivity index (χ3v) is 5.58. The largest absolute Gasteiger partial charge is 0.495 e. The van der Waals surface area contributed by atoms with Crippen LogP contribution in [-0.4, -0.2) is 45.2 Å². The average Bonchev–Trinajstić information content (AvgIpc) is 3.36. The van der Waals surface area contributed by atoms with Crippen LogP contribution < -0.4 is 15.4 Å². The number of nitrogens with one attached hydrogen (secondary N) is 2. The maximum atomic E-state index is 12.2. The Morgan fingerprint density at radius 1 is 1.29 bits per heavy atom. The number of amides is 1. The molecule has 0 aliphatic carbocycles. The van der Waals surface area contributed by atoms with E-state index in [1.807, 2.05) is 35.0 Å². The van der Waals surface area contributed by atoms with Crippen LogP contribution in [0.3, 0.4) is 0 Å². The summed E-state index contributed by atoms with van der Waals surface area (Å²) in [5.41, 5.74) is 2.32. The summed E-state index contributed by atoms with van der Waals surface area (Å²) in [7, 11) is 1.63. The van der Waals surface area contributed by atoms with Crippen LogP contribution in [0.25, 0.3) is 27.9 Å². The average molecular weight is 394 g/mol. The zero-order chi connectivity index (χ0) is 19.1. The molecule has 0 spiro atoms. The van der Waals surface area contributed by atoms with Gasteiger partial charge >= 0.3 is 0 Å². The summed E-state index contributed by atoms with van der Waals surface area (Å²) in [6.45, 7) is 0.711. The van der Waals surface area contributed by atoms with Gasteiger partial charge in [0.25, 0.3) is 0 Å². The Morgan fingerprint density at radius 2 is 2.18 bits per heavy atom. The molecule has 4 heterocycles. The molecule has 0 saturated carbocycles. The molecular formula is C19H18N6O2S.